The topological polar surface area (TPSA) is 49.2 Å². The number of aromatic nitrogens is 2. The van der Waals surface area contributed by atoms with Gasteiger partial charge in [0, 0.05) is 36.1 Å². The van der Waals surface area contributed by atoms with Crippen molar-refractivity contribution < 1.29 is 5.11 Å². The molecule has 0 bridgehead atoms. The number of hydrogen-bond acceptors (Lipinski definition) is 4. The lowest BCUT2D eigenvalue weighted by molar-refractivity contribution is 0.283. The van der Waals surface area contributed by atoms with E-state index in [1.165, 1.54) is 19.3 Å². The summed E-state index contributed by atoms with van der Waals surface area (Å²) in [5.74, 6) is 0. The fourth-order valence-electron chi connectivity index (χ4n) is 2.66. The minimum atomic E-state index is 0.227. The molecular formula is C15H18BrN3O. The van der Waals surface area contributed by atoms with Crippen LogP contribution in [0.25, 0.3) is 11.0 Å². The fraction of sp³-hybridized carbons (Fsp3) is 0.467. The zero-order valence-electron chi connectivity index (χ0n) is 11.3. The molecule has 2 aromatic rings. The molecule has 4 nitrogen and oxygen atoms in total. The van der Waals surface area contributed by atoms with Crippen molar-refractivity contribution in [3.8, 4) is 0 Å². The van der Waals surface area contributed by atoms with Crippen LogP contribution in [-0.2, 0) is 0 Å². The van der Waals surface area contributed by atoms with Crippen LogP contribution in [0.4, 0.5) is 5.69 Å². The summed E-state index contributed by atoms with van der Waals surface area (Å²) in [5.41, 5.74) is 2.99. The van der Waals surface area contributed by atoms with E-state index in [0.717, 1.165) is 34.2 Å². The van der Waals surface area contributed by atoms with Gasteiger partial charge in [0.2, 0.25) is 0 Å². The molecule has 0 aromatic carbocycles. The van der Waals surface area contributed by atoms with Crippen molar-refractivity contribution in [3.05, 3.63) is 29.0 Å². The number of anilines is 1. The summed E-state index contributed by atoms with van der Waals surface area (Å²) in [6.07, 6.45) is 8.20. The summed E-state index contributed by atoms with van der Waals surface area (Å²) < 4.78 is 0.945. The predicted molar refractivity (Wildman–Crippen MR) is 83.9 cm³/mol. The Labute approximate surface area is 127 Å². The number of pyridine rings is 2. The molecule has 106 valence electrons. The first kappa shape index (κ1) is 13.8. The summed E-state index contributed by atoms with van der Waals surface area (Å²) in [6, 6.07) is 4.62. The number of aliphatic hydroxyl groups is 1. The van der Waals surface area contributed by atoms with Gasteiger partial charge in [-0.3, -0.25) is 9.97 Å². The third-order valence-electron chi connectivity index (χ3n) is 3.90. The molecule has 0 unspecified atom stereocenters. The second-order valence-corrected chi connectivity index (χ2v) is 6.12. The number of hydrogen-bond donors (Lipinski definition) is 1. The Hall–Kier alpha value is -1.20. The highest BCUT2D eigenvalue weighted by atomic mass is 79.9. The molecule has 5 heteroatoms. The van der Waals surface area contributed by atoms with Gasteiger partial charge in [-0.2, -0.15) is 0 Å². The van der Waals surface area contributed by atoms with E-state index in [2.05, 4.69) is 30.8 Å². The van der Waals surface area contributed by atoms with Gasteiger partial charge in [-0.05, 0) is 53.7 Å². The van der Waals surface area contributed by atoms with Crippen LogP contribution in [-0.4, -0.2) is 34.3 Å². The van der Waals surface area contributed by atoms with Gasteiger partial charge in [-0.15, -0.1) is 0 Å². The molecule has 2 heterocycles. The van der Waals surface area contributed by atoms with Crippen molar-refractivity contribution >= 4 is 32.7 Å². The summed E-state index contributed by atoms with van der Waals surface area (Å²) in [5, 5.41) is 9.12. The van der Waals surface area contributed by atoms with Crippen LogP contribution in [0.5, 0.6) is 0 Å². The maximum absolute atomic E-state index is 9.12. The molecule has 0 atom stereocenters. The van der Waals surface area contributed by atoms with E-state index in [1.807, 2.05) is 24.5 Å². The lowest BCUT2D eigenvalue weighted by atomic mass is 9.91. The Bertz CT molecular complexity index is 601. The first-order valence-corrected chi connectivity index (χ1v) is 7.86. The molecule has 0 saturated heterocycles. The lowest BCUT2D eigenvalue weighted by Crippen LogP contribution is -2.41. The van der Waals surface area contributed by atoms with E-state index in [0.29, 0.717) is 6.04 Å². The SMILES string of the molecule is OCCCN(c1ccnc2cc(Br)cnc12)C1CCC1. The van der Waals surface area contributed by atoms with Crippen molar-refractivity contribution in [1.82, 2.24) is 9.97 Å². The highest BCUT2D eigenvalue weighted by Gasteiger charge is 2.26. The smallest absolute Gasteiger partial charge is 0.112 e. The molecule has 3 rings (SSSR count). The van der Waals surface area contributed by atoms with Crippen molar-refractivity contribution in [2.75, 3.05) is 18.1 Å². The maximum Gasteiger partial charge on any atom is 0.112 e. The Balaban J connectivity index is 2.00. The predicted octanol–water partition coefficient (Wildman–Crippen LogP) is 3.13. The zero-order chi connectivity index (χ0) is 13.9. The summed E-state index contributed by atoms with van der Waals surface area (Å²) >= 11 is 3.44. The molecule has 1 N–H and O–H groups in total. The molecule has 0 aliphatic heterocycles. The fourth-order valence-corrected chi connectivity index (χ4v) is 2.98. The molecule has 2 aromatic heterocycles. The van der Waals surface area contributed by atoms with Crippen LogP contribution in [0.15, 0.2) is 29.0 Å². The van der Waals surface area contributed by atoms with Crippen molar-refractivity contribution in [3.63, 3.8) is 0 Å². The van der Waals surface area contributed by atoms with Gasteiger partial charge in [-0.25, -0.2) is 0 Å². The van der Waals surface area contributed by atoms with Gasteiger partial charge in [0.1, 0.15) is 5.52 Å². The summed E-state index contributed by atoms with van der Waals surface area (Å²) in [6.45, 7) is 1.10. The van der Waals surface area contributed by atoms with Crippen LogP contribution >= 0.6 is 15.9 Å². The largest absolute Gasteiger partial charge is 0.396 e. The Morgan fingerprint density at radius 1 is 1.35 bits per heavy atom. The third kappa shape index (κ3) is 2.65. The summed E-state index contributed by atoms with van der Waals surface area (Å²) in [4.78, 5) is 11.3. The number of halogens is 1. The van der Waals surface area contributed by atoms with Gasteiger partial charge in [-0.1, -0.05) is 0 Å². The minimum absolute atomic E-state index is 0.227. The first-order valence-electron chi connectivity index (χ1n) is 7.07. The highest BCUT2D eigenvalue weighted by Crippen LogP contribution is 2.33. The van der Waals surface area contributed by atoms with Crippen LogP contribution in [0.2, 0.25) is 0 Å². The average Bonchev–Trinajstić information content (AvgIpc) is 2.40. The first-order chi connectivity index (χ1) is 9.79. The van der Waals surface area contributed by atoms with E-state index in [-0.39, 0.29) is 6.61 Å². The summed E-state index contributed by atoms with van der Waals surface area (Å²) in [7, 11) is 0. The van der Waals surface area contributed by atoms with Gasteiger partial charge >= 0.3 is 0 Å². The Morgan fingerprint density at radius 2 is 2.20 bits per heavy atom. The average molecular weight is 336 g/mol. The molecule has 1 saturated carbocycles. The van der Waals surface area contributed by atoms with E-state index in [9.17, 15) is 0 Å². The third-order valence-corrected chi connectivity index (χ3v) is 4.34. The molecule has 1 fully saturated rings. The minimum Gasteiger partial charge on any atom is -0.396 e. The van der Waals surface area contributed by atoms with Crippen molar-refractivity contribution in [2.45, 2.75) is 31.7 Å². The van der Waals surface area contributed by atoms with Crippen molar-refractivity contribution in [2.24, 2.45) is 0 Å². The number of fused-ring (bicyclic) bond motifs is 1. The van der Waals surface area contributed by atoms with Crippen LogP contribution in [0.3, 0.4) is 0 Å². The standard InChI is InChI=1S/C15H18BrN3O/c16-11-9-13-15(18-10-11)14(5-6-17-13)19(7-2-8-20)12-3-1-4-12/h5-6,9-10,12,20H,1-4,7-8H2. The quantitative estimate of drug-likeness (QED) is 0.911. The Morgan fingerprint density at radius 3 is 2.90 bits per heavy atom. The van der Waals surface area contributed by atoms with Gasteiger partial charge in [0.15, 0.2) is 0 Å². The van der Waals surface area contributed by atoms with E-state index < -0.39 is 0 Å². The number of rotatable bonds is 5. The van der Waals surface area contributed by atoms with Crippen LogP contribution in [0.1, 0.15) is 25.7 Å². The molecule has 20 heavy (non-hydrogen) atoms. The second kappa shape index (κ2) is 6.06. The second-order valence-electron chi connectivity index (χ2n) is 5.21. The van der Waals surface area contributed by atoms with Crippen molar-refractivity contribution in [1.29, 1.82) is 0 Å². The molecule has 1 aliphatic carbocycles. The zero-order valence-corrected chi connectivity index (χ0v) is 12.9. The Kier molecular flexibility index (Phi) is 4.17. The monoisotopic (exact) mass is 335 g/mol. The van der Waals surface area contributed by atoms with Gasteiger partial charge in [0.05, 0.1) is 11.2 Å². The lowest BCUT2D eigenvalue weighted by Gasteiger charge is -2.39. The van der Waals surface area contributed by atoms with Crippen LogP contribution < -0.4 is 4.90 Å². The molecular weight excluding hydrogens is 318 g/mol. The van der Waals surface area contributed by atoms with E-state index in [1.54, 1.807) is 0 Å². The number of nitrogens with zero attached hydrogens (tertiary/aromatic N) is 3. The molecule has 0 amide bonds. The molecule has 0 spiro atoms. The van der Waals surface area contributed by atoms with E-state index >= 15 is 0 Å². The molecule has 1 aliphatic rings. The molecule has 0 radical (unpaired) electrons. The van der Waals surface area contributed by atoms with E-state index in [4.69, 9.17) is 5.11 Å². The van der Waals surface area contributed by atoms with Crippen LogP contribution in [0, 0.1) is 0 Å². The van der Waals surface area contributed by atoms with Gasteiger partial charge in [0.25, 0.3) is 0 Å². The normalized spacial score (nSPS) is 15.3. The van der Waals surface area contributed by atoms with Gasteiger partial charge < -0.3 is 10.0 Å². The number of aliphatic hydroxyl groups excluding tert-OH is 1. The maximum atomic E-state index is 9.12. The highest BCUT2D eigenvalue weighted by molar-refractivity contribution is 9.10.